The van der Waals surface area contributed by atoms with Gasteiger partial charge in [0, 0.05) is 0 Å². The molecule has 0 spiro atoms. The van der Waals surface area contributed by atoms with Crippen LogP contribution in [0.25, 0.3) is 0 Å². The van der Waals surface area contributed by atoms with Crippen molar-refractivity contribution in [1.29, 1.82) is 0 Å². The predicted octanol–water partition coefficient (Wildman–Crippen LogP) is 1.30. The number of carbonyl (C=O) groups excluding carboxylic acids is 2. The van der Waals surface area contributed by atoms with E-state index in [2.05, 4.69) is 0 Å². The molecule has 1 aliphatic heterocycles. The Kier molecular flexibility index (Phi) is 3.32. The average molecular weight is 307 g/mol. The first-order chi connectivity index (χ1) is 9.91. The van der Waals surface area contributed by atoms with Crippen LogP contribution in [0.15, 0.2) is 42.5 Å². The molecule has 0 radical (unpaired) electrons. The average Bonchev–Trinajstić information content (AvgIpc) is 2.71. The molecule has 3 rings (SSSR count). The van der Waals surface area contributed by atoms with E-state index in [0.717, 1.165) is 4.90 Å². The Morgan fingerprint density at radius 1 is 1.10 bits per heavy atom. The highest BCUT2D eigenvalue weighted by molar-refractivity contribution is 7.52. The van der Waals surface area contributed by atoms with Crippen molar-refractivity contribution in [3.8, 4) is 0 Å². The minimum atomic E-state index is -4.48. The number of fused-ring (bicyclic) bond motifs is 1. The fourth-order valence-electron chi connectivity index (χ4n) is 3.02. The summed E-state index contributed by atoms with van der Waals surface area (Å²) in [6.45, 7) is 0. The smallest absolute Gasteiger partial charge is 0.324 e. The van der Waals surface area contributed by atoms with Crippen LogP contribution in [0.4, 0.5) is 5.69 Å². The quantitative estimate of drug-likeness (QED) is 0.488. The van der Waals surface area contributed by atoms with E-state index in [1.54, 1.807) is 36.4 Å². The van der Waals surface area contributed by atoms with E-state index in [4.69, 9.17) is 0 Å². The van der Waals surface area contributed by atoms with Gasteiger partial charge >= 0.3 is 7.60 Å². The van der Waals surface area contributed by atoms with E-state index in [1.165, 1.54) is 6.08 Å². The third-order valence-electron chi connectivity index (χ3n) is 3.97. The Labute approximate surface area is 121 Å². The fraction of sp³-hybridized carbons (Fsp3) is 0.286. The van der Waals surface area contributed by atoms with Crippen molar-refractivity contribution in [2.24, 2.45) is 11.8 Å². The molecular formula is C14H14NO5P. The molecule has 1 aromatic rings. The summed E-state index contributed by atoms with van der Waals surface area (Å²) in [5.41, 5.74) is -0.784. The van der Waals surface area contributed by atoms with Gasteiger partial charge in [-0.25, -0.2) is 0 Å². The summed E-state index contributed by atoms with van der Waals surface area (Å²) in [5, 5.41) is 0. The van der Waals surface area contributed by atoms with E-state index in [9.17, 15) is 23.9 Å². The lowest BCUT2D eigenvalue weighted by Crippen LogP contribution is -2.34. The molecule has 2 N–H and O–H groups in total. The molecule has 21 heavy (non-hydrogen) atoms. The summed E-state index contributed by atoms with van der Waals surface area (Å²) in [5.74, 6) is -2.60. The van der Waals surface area contributed by atoms with Gasteiger partial charge in [-0.15, -0.1) is 0 Å². The molecule has 1 aromatic carbocycles. The van der Waals surface area contributed by atoms with Gasteiger partial charge in [0.2, 0.25) is 11.8 Å². The van der Waals surface area contributed by atoms with E-state index in [1.807, 2.05) is 0 Å². The Bertz CT molecular complexity index is 665. The van der Waals surface area contributed by atoms with E-state index >= 15 is 0 Å². The third kappa shape index (κ3) is 2.25. The van der Waals surface area contributed by atoms with Crippen LogP contribution < -0.4 is 4.90 Å². The molecule has 0 aromatic heterocycles. The summed E-state index contributed by atoms with van der Waals surface area (Å²) in [4.78, 5) is 44.9. The topological polar surface area (TPSA) is 94.9 Å². The second kappa shape index (κ2) is 4.91. The molecule has 110 valence electrons. The molecule has 1 saturated heterocycles. The zero-order chi connectivity index (χ0) is 15.2. The van der Waals surface area contributed by atoms with Gasteiger partial charge in [0.1, 0.15) is 0 Å². The van der Waals surface area contributed by atoms with Crippen LogP contribution in [0.3, 0.4) is 0 Å². The fourth-order valence-corrected chi connectivity index (χ4v) is 4.12. The van der Waals surface area contributed by atoms with Crippen molar-refractivity contribution >= 4 is 25.1 Å². The molecule has 3 atom stereocenters. The van der Waals surface area contributed by atoms with Gasteiger partial charge < -0.3 is 9.79 Å². The molecule has 0 unspecified atom stereocenters. The summed E-state index contributed by atoms with van der Waals surface area (Å²) < 4.78 is 11.6. The summed E-state index contributed by atoms with van der Waals surface area (Å²) in [6, 6.07) is 8.44. The maximum atomic E-state index is 12.5. The highest BCUT2D eigenvalue weighted by Crippen LogP contribution is 2.52. The van der Waals surface area contributed by atoms with E-state index in [-0.39, 0.29) is 5.91 Å². The van der Waals surface area contributed by atoms with Crippen LogP contribution in [-0.4, -0.2) is 27.3 Å². The van der Waals surface area contributed by atoms with Crippen molar-refractivity contribution in [1.82, 2.24) is 0 Å². The van der Waals surface area contributed by atoms with Gasteiger partial charge in [-0.3, -0.25) is 19.1 Å². The second-order valence-electron chi connectivity index (χ2n) is 5.22. The summed E-state index contributed by atoms with van der Waals surface area (Å²) in [7, 11) is -4.48. The highest BCUT2D eigenvalue weighted by Gasteiger charge is 2.55. The van der Waals surface area contributed by atoms with Crippen LogP contribution in [-0.2, 0) is 14.2 Å². The van der Waals surface area contributed by atoms with Gasteiger partial charge in [0.25, 0.3) is 0 Å². The molecule has 0 bridgehead atoms. The Hall–Kier alpha value is -1.75. The number of benzene rings is 1. The van der Waals surface area contributed by atoms with Crippen molar-refractivity contribution in [2.45, 2.75) is 12.1 Å². The number of anilines is 1. The first kappa shape index (κ1) is 14.2. The molecule has 1 fully saturated rings. The van der Waals surface area contributed by atoms with Crippen LogP contribution in [0.1, 0.15) is 6.42 Å². The molecule has 0 saturated carbocycles. The highest BCUT2D eigenvalue weighted by atomic mass is 31.2. The van der Waals surface area contributed by atoms with Gasteiger partial charge in [-0.1, -0.05) is 30.4 Å². The lowest BCUT2D eigenvalue weighted by molar-refractivity contribution is -0.122. The SMILES string of the molecule is O=C1[C@H]2[C@H](CC=C[C@H]2P(=O)(O)O)C(=O)N1c1ccccc1. The molecule has 6 nitrogen and oxygen atoms in total. The van der Waals surface area contributed by atoms with Crippen molar-refractivity contribution in [3.05, 3.63) is 42.5 Å². The number of nitrogens with zero attached hydrogens (tertiary/aromatic N) is 1. The number of allylic oxidation sites excluding steroid dienone is 2. The van der Waals surface area contributed by atoms with Gasteiger partial charge in [-0.05, 0) is 18.6 Å². The molecule has 7 heteroatoms. The normalized spacial score (nSPS) is 28.9. The second-order valence-corrected chi connectivity index (χ2v) is 7.00. The Morgan fingerprint density at radius 3 is 2.38 bits per heavy atom. The standard InChI is InChI=1S/C14H14NO5P/c16-13-10-7-4-8-11(21(18,19)20)12(10)14(17)15(13)9-5-2-1-3-6-9/h1-6,8,10-12H,7H2,(H2,18,19,20)/t10-,11+,12-/m0/s1. The summed E-state index contributed by atoms with van der Waals surface area (Å²) >= 11 is 0. The monoisotopic (exact) mass is 307 g/mol. The van der Waals surface area contributed by atoms with Crippen LogP contribution in [0, 0.1) is 11.8 Å². The maximum absolute atomic E-state index is 12.5. The molecule has 1 aliphatic carbocycles. The van der Waals surface area contributed by atoms with Crippen molar-refractivity contribution < 1.29 is 23.9 Å². The maximum Gasteiger partial charge on any atom is 0.333 e. The van der Waals surface area contributed by atoms with Crippen LogP contribution >= 0.6 is 7.60 Å². The first-order valence-electron chi connectivity index (χ1n) is 6.56. The number of hydrogen-bond donors (Lipinski definition) is 2. The molecule has 1 heterocycles. The van der Waals surface area contributed by atoms with Gasteiger partial charge in [0.05, 0.1) is 23.2 Å². The molecule has 2 amide bonds. The van der Waals surface area contributed by atoms with E-state index < -0.39 is 31.0 Å². The lowest BCUT2D eigenvalue weighted by atomic mass is 9.85. The first-order valence-corrected chi connectivity index (χ1v) is 8.24. The zero-order valence-electron chi connectivity index (χ0n) is 11.0. The molecule has 2 aliphatic rings. The van der Waals surface area contributed by atoms with Crippen molar-refractivity contribution in [3.63, 3.8) is 0 Å². The minimum Gasteiger partial charge on any atom is -0.324 e. The number of amides is 2. The van der Waals surface area contributed by atoms with Crippen molar-refractivity contribution in [2.75, 3.05) is 4.90 Å². The predicted molar refractivity (Wildman–Crippen MR) is 75.5 cm³/mol. The number of imide groups is 1. The van der Waals surface area contributed by atoms with E-state index in [0.29, 0.717) is 12.1 Å². The Morgan fingerprint density at radius 2 is 1.76 bits per heavy atom. The number of carbonyl (C=O) groups is 2. The zero-order valence-corrected chi connectivity index (χ0v) is 11.9. The third-order valence-corrected chi connectivity index (χ3v) is 5.24. The lowest BCUT2D eigenvalue weighted by Gasteiger charge is -2.26. The van der Waals surface area contributed by atoms with Crippen LogP contribution in [0.2, 0.25) is 0 Å². The minimum absolute atomic E-state index is 0.328. The number of rotatable bonds is 2. The summed E-state index contributed by atoms with van der Waals surface area (Å²) in [6.07, 6.45) is 3.27. The van der Waals surface area contributed by atoms with Gasteiger partial charge in [0.15, 0.2) is 0 Å². The van der Waals surface area contributed by atoms with Crippen LogP contribution in [0.5, 0.6) is 0 Å². The number of hydrogen-bond acceptors (Lipinski definition) is 3. The number of para-hydroxylation sites is 1. The molecular weight excluding hydrogens is 293 g/mol. The Balaban J connectivity index is 2.03. The van der Waals surface area contributed by atoms with Gasteiger partial charge in [-0.2, -0.15) is 0 Å². The largest absolute Gasteiger partial charge is 0.333 e.